The molecule has 1 atom stereocenters. The van der Waals surface area contributed by atoms with Crippen molar-refractivity contribution in [3.05, 3.63) is 30.4 Å². The molecule has 2 heterocycles. The Hall–Kier alpha value is -2.28. The van der Waals surface area contributed by atoms with Crippen molar-refractivity contribution >= 4 is 5.97 Å². The highest BCUT2D eigenvalue weighted by molar-refractivity contribution is 5.74. The zero-order chi connectivity index (χ0) is 16.7. The molecule has 0 N–H and O–H groups in total. The summed E-state index contributed by atoms with van der Waals surface area (Å²) in [5.41, 5.74) is 0.735. The number of ether oxygens (including phenoxy) is 2. The van der Waals surface area contributed by atoms with Gasteiger partial charge in [0, 0.05) is 24.6 Å². The van der Waals surface area contributed by atoms with E-state index in [0.717, 1.165) is 12.0 Å². The summed E-state index contributed by atoms with van der Waals surface area (Å²) < 4.78 is 15.6. The lowest BCUT2D eigenvalue weighted by Gasteiger charge is -2.12. The highest BCUT2D eigenvalue weighted by atomic mass is 16.6. The van der Waals surface area contributed by atoms with Crippen LogP contribution in [0.4, 0.5) is 0 Å². The Labute approximate surface area is 135 Å². The summed E-state index contributed by atoms with van der Waals surface area (Å²) in [5, 5.41) is 3.83. The molecule has 0 bridgehead atoms. The van der Waals surface area contributed by atoms with Crippen molar-refractivity contribution in [2.45, 2.75) is 39.9 Å². The van der Waals surface area contributed by atoms with E-state index in [-0.39, 0.29) is 12.5 Å². The van der Waals surface area contributed by atoms with E-state index in [1.807, 2.05) is 6.07 Å². The van der Waals surface area contributed by atoms with Crippen LogP contribution in [0.2, 0.25) is 0 Å². The maximum atomic E-state index is 11.8. The summed E-state index contributed by atoms with van der Waals surface area (Å²) in [7, 11) is 0. The van der Waals surface area contributed by atoms with Crippen LogP contribution in [0.3, 0.4) is 0 Å². The van der Waals surface area contributed by atoms with Crippen molar-refractivity contribution in [1.29, 1.82) is 0 Å². The molecule has 0 aliphatic rings. The van der Waals surface area contributed by atoms with Crippen molar-refractivity contribution in [2.75, 3.05) is 6.61 Å². The number of hydrogen-bond acceptors (Lipinski definition) is 7. The molecule has 0 aromatic carbocycles. The van der Waals surface area contributed by atoms with Crippen LogP contribution >= 0.6 is 0 Å². The first kappa shape index (κ1) is 17.1. The molecule has 124 valence electrons. The van der Waals surface area contributed by atoms with Crippen LogP contribution in [-0.2, 0) is 20.9 Å². The average Bonchev–Trinajstić information content (AvgIpc) is 3.02. The molecular weight excluding hydrogens is 298 g/mol. The second-order valence-electron chi connectivity index (χ2n) is 5.56. The van der Waals surface area contributed by atoms with Gasteiger partial charge in [-0.1, -0.05) is 19.0 Å². The van der Waals surface area contributed by atoms with Crippen LogP contribution in [0.5, 0.6) is 0 Å². The van der Waals surface area contributed by atoms with Crippen molar-refractivity contribution in [1.82, 2.24) is 15.1 Å². The van der Waals surface area contributed by atoms with Crippen molar-refractivity contribution in [3.63, 3.8) is 0 Å². The number of hydrogen-bond donors (Lipinski definition) is 0. The van der Waals surface area contributed by atoms with Gasteiger partial charge in [-0.2, -0.15) is 4.98 Å². The zero-order valence-corrected chi connectivity index (χ0v) is 13.6. The third kappa shape index (κ3) is 5.45. The molecular formula is C16H21N3O4. The summed E-state index contributed by atoms with van der Waals surface area (Å²) in [6.45, 7) is 6.31. The average molecular weight is 319 g/mol. The van der Waals surface area contributed by atoms with Crippen molar-refractivity contribution in [2.24, 2.45) is 5.92 Å². The van der Waals surface area contributed by atoms with Crippen LogP contribution in [0, 0.1) is 5.92 Å². The molecule has 0 aliphatic carbocycles. The van der Waals surface area contributed by atoms with Gasteiger partial charge in [-0.05, 0) is 31.4 Å². The molecule has 0 aliphatic heterocycles. The number of aromatic nitrogens is 3. The molecule has 0 radical (unpaired) electrons. The van der Waals surface area contributed by atoms with Gasteiger partial charge in [0.25, 0.3) is 5.89 Å². The summed E-state index contributed by atoms with van der Waals surface area (Å²) >= 11 is 0. The molecule has 7 nitrogen and oxygen atoms in total. The van der Waals surface area contributed by atoms with E-state index in [4.69, 9.17) is 14.0 Å². The van der Waals surface area contributed by atoms with Gasteiger partial charge in [0.15, 0.2) is 12.7 Å². The second kappa shape index (κ2) is 8.38. The monoisotopic (exact) mass is 319 g/mol. The minimum Gasteiger partial charge on any atom is -0.454 e. The fourth-order valence-corrected chi connectivity index (χ4v) is 1.72. The van der Waals surface area contributed by atoms with Crippen LogP contribution in [-0.4, -0.2) is 33.8 Å². The number of carbonyl (C=O) groups excluding carboxylic acids is 1. The van der Waals surface area contributed by atoms with E-state index in [9.17, 15) is 4.79 Å². The second-order valence-corrected chi connectivity index (χ2v) is 5.56. The number of nitrogens with zero attached hydrogens (tertiary/aromatic N) is 3. The van der Waals surface area contributed by atoms with Gasteiger partial charge in [-0.25, -0.2) is 4.79 Å². The molecule has 2 rings (SSSR count). The Morgan fingerprint density at radius 1 is 1.35 bits per heavy atom. The lowest BCUT2D eigenvalue weighted by Crippen LogP contribution is -2.24. The van der Waals surface area contributed by atoms with Crippen molar-refractivity contribution in [3.8, 4) is 11.4 Å². The van der Waals surface area contributed by atoms with Gasteiger partial charge >= 0.3 is 5.97 Å². The predicted molar refractivity (Wildman–Crippen MR) is 82.2 cm³/mol. The summed E-state index contributed by atoms with van der Waals surface area (Å²) in [6.07, 6.45) is 3.57. The normalized spacial score (nSPS) is 12.3. The third-order valence-electron chi connectivity index (χ3n) is 3.12. The van der Waals surface area contributed by atoms with Gasteiger partial charge in [-0.3, -0.25) is 4.98 Å². The Kier molecular flexibility index (Phi) is 6.22. The van der Waals surface area contributed by atoms with E-state index in [0.29, 0.717) is 18.3 Å². The Balaban J connectivity index is 1.79. The quantitative estimate of drug-likeness (QED) is 0.691. The van der Waals surface area contributed by atoms with Crippen LogP contribution in [0.1, 0.15) is 33.1 Å². The first-order valence-electron chi connectivity index (χ1n) is 7.57. The summed E-state index contributed by atoms with van der Waals surface area (Å²) in [5.74, 6) is 0.717. The number of esters is 1. The standard InChI is InChI=1S/C16H21N3O4/c1-11(2)6-8-21-12(3)16(20)22-10-14-18-15(19-23-14)13-5-4-7-17-9-13/h4-5,7,9,11-12H,6,8,10H2,1-3H3. The molecule has 0 spiro atoms. The maximum Gasteiger partial charge on any atom is 0.335 e. The number of pyridine rings is 1. The summed E-state index contributed by atoms with van der Waals surface area (Å²) in [6, 6.07) is 3.60. The first-order valence-corrected chi connectivity index (χ1v) is 7.57. The largest absolute Gasteiger partial charge is 0.454 e. The highest BCUT2D eigenvalue weighted by Crippen LogP contribution is 2.14. The summed E-state index contributed by atoms with van der Waals surface area (Å²) in [4.78, 5) is 20.0. The van der Waals surface area contributed by atoms with Crippen LogP contribution < -0.4 is 0 Å². The van der Waals surface area contributed by atoms with Gasteiger partial charge in [-0.15, -0.1) is 0 Å². The van der Waals surface area contributed by atoms with Crippen molar-refractivity contribution < 1.29 is 18.8 Å². The topological polar surface area (TPSA) is 87.3 Å². The zero-order valence-electron chi connectivity index (χ0n) is 13.6. The molecule has 7 heteroatoms. The third-order valence-corrected chi connectivity index (χ3v) is 3.12. The smallest absolute Gasteiger partial charge is 0.335 e. The predicted octanol–water partition coefficient (Wildman–Crippen LogP) is 2.63. The van der Waals surface area contributed by atoms with E-state index in [1.165, 1.54) is 0 Å². The molecule has 0 saturated carbocycles. The fraction of sp³-hybridized carbons (Fsp3) is 0.500. The highest BCUT2D eigenvalue weighted by Gasteiger charge is 2.17. The van der Waals surface area contributed by atoms with Crippen LogP contribution in [0.15, 0.2) is 29.0 Å². The van der Waals surface area contributed by atoms with E-state index < -0.39 is 12.1 Å². The minimum atomic E-state index is -0.616. The van der Waals surface area contributed by atoms with E-state index in [1.54, 1.807) is 25.4 Å². The molecule has 1 unspecified atom stereocenters. The number of rotatable bonds is 8. The molecule has 2 aromatic rings. The van der Waals surface area contributed by atoms with E-state index in [2.05, 4.69) is 29.0 Å². The van der Waals surface area contributed by atoms with Gasteiger partial charge in [0.2, 0.25) is 5.82 Å². The molecule has 2 aromatic heterocycles. The lowest BCUT2D eigenvalue weighted by molar-refractivity contribution is -0.158. The lowest BCUT2D eigenvalue weighted by atomic mass is 10.1. The maximum absolute atomic E-state index is 11.8. The fourth-order valence-electron chi connectivity index (χ4n) is 1.72. The molecule has 23 heavy (non-hydrogen) atoms. The van der Waals surface area contributed by atoms with Gasteiger partial charge < -0.3 is 14.0 Å². The molecule has 0 saturated heterocycles. The SMILES string of the molecule is CC(C)CCOC(C)C(=O)OCc1nc(-c2cccnc2)no1. The molecule has 0 fully saturated rings. The first-order chi connectivity index (χ1) is 11.1. The minimum absolute atomic E-state index is 0.0794. The Bertz CT molecular complexity index is 613. The van der Waals surface area contributed by atoms with Gasteiger partial charge in [0.1, 0.15) is 0 Å². The Morgan fingerprint density at radius 3 is 2.87 bits per heavy atom. The van der Waals surface area contributed by atoms with E-state index >= 15 is 0 Å². The van der Waals surface area contributed by atoms with Gasteiger partial charge in [0.05, 0.1) is 0 Å². The number of carbonyl (C=O) groups is 1. The Morgan fingerprint density at radius 2 is 2.17 bits per heavy atom. The van der Waals surface area contributed by atoms with Crippen LogP contribution in [0.25, 0.3) is 11.4 Å². The molecule has 0 amide bonds.